The number of carboxylic acid groups (broad SMARTS) is 1. The van der Waals surface area contributed by atoms with Crippen molar-refractivity contribution in [2.24, 2.45) is 0 Å². The number of rotatable bonds is 2. The number of hydrogen-bond donors (Lipinski definition) is 1. The van der Waals surface area contributed by atoms with Gasteiger partial charge < -0.3 is 5.11 Å². The molecule has 1 N–H and O–H groups in total. The van der Waals surface area contributed by atoms with Gasteiger partial charge in [0.1, 0.15) is 0 Å². The van der Waals surface area contributed by atoms with E-state index in [2.05, 4.69) is 4.98 Å². The Morgan fingerprint density at radius 3 is 2.65 bits per heavy atom. The molecule has 4 heteroatoms. The number of carbonyl (C=O) groups is 1. The van der Waals surface area contributed by atoms with Gasteiger partial charge in [-0.3, -0.25) is 4.98 Å². The molecule has 3 aromatic rings. The van der Waals surface area contributed by atoms with Crippen molar-refractivity contribution in [2.45, 2.75) is 0 Å². The summed E-state index contributed by atoms with van der Waals surface area (Å²) in [7, 11) is 0. The van der Waals surface area contributed by atoms with E-state index in [1.807, 2.05) is 30.3 Å². The number of benzene rings is 2. The molecule has 98 valence electrons. The maximum absolute atomic E-state index is 11.1. The molecule has 0 radical (unpaired) electrons. The number of nitrogens with zero attached hydrogens (tertiary/aromatic N) is 1. The standard InChI is InChI=1S/C16H10ClNO2/c17-14-7-11(6-12(8-14)16(19)20)13-5-10-3-1-2-4-15(10)18-9-13/h1-9H,(H,19,20). The molecule has 0 saturated carbocycles. The lowest BCUT2D eigenvalue weighted by Crippen LogP contribution is -1.96. The highest BCUT2D eigenvalue weighted by Gasteiger charge is 2.08. The molecule has 0 aliphatic carbocycles. The van der Waals surface area contributed by atoms with Crippen LogP contribution in [0.2, 0.25) is 5.02 Å². The summed E-state index contributed by atoms with van der Waals surface area (Å²) < 4.78 is 0. The highest BCUT2D eigenvalue weighted by Crippen LogP contribution is 2.26. The van der Waals surface area contributed by atoms with Gasteiger partial charge in [0.05, 0.1) is 11.1 Å². The van der Waals surface area contributed by atoms with Crippen molar-refractivity contribution in [2.75, 3.05) is 0 Å². The third kappa shape index (κ3) is 2.36. The van der Waals surface area contributed by atoms with E-state index in [9.17, 15) is 4.79 Å². The Balaban J connectivity index is 2.17. The van der Waals surface area contributed by atoms with Crippen LogP contribution in [-0.2, 0) is 0 Å². The molecule has 0 aliphatic heterocycles. The van der Waals surface area contributed by atoms with E-state index in [4.69, 9.17) is 16.7 Å². The number of hydrogen-bond acceptors (Lipinski definition) is 2. The number of para-hydroxylation sites is 1. The number of fused-ring (bicyclic) bond motifs is 1. The van der Waals surface area contributed by atoms with Gasteiger partial charge in [0.25, 0.3) is 0 Å². The number of aromatic nitrogens is 1. The predicted octanol–water partition coefficient (Wildman–Crippen LogP) is 4.25. The Morgan fingerprint density at radius 1 is 1.05 bits per heavy atom. The zero-order valence-electron chi connectivity index (χ0n) is 10.4. The fraction of sp³-hybridized carbons (Fsp3) is 0. The molecule has 1 aromatic heterocycles. The first-order valence-electron chi connectivity index (χ1n) is 6.02. The largest absolute Gasteiger partial charge is 0.478 e. The number of carboxylic acids is 1. The van der Waals surface area contributed by atoms with Crippen molar-refractivity contribution in [1.82, 2.24) is 4.98 Å². The molecular formula is C16H10ClNO2. The molecule has 3 nitrogen and oxygen atoms in total. The van der Waals surface area contributed by atoms with E-state index < -0.39 is 5.97 Å². The summed E-state index contributed by atoms with van der Waals surface area (Å²) >= 11 is 5.98. The minimum Gasteiger partial charge on any atom is -0.478 e. The summed E-state index contributed by atoms with van der Waals surface area (Å²) in [4.78, 5) is 15.4. The molecule has 0 fully saturated rings. The van der Waals surface area contributed by atoms with Gasteiger partial charge in [0.2, 0.25) is 0 Å². The van der Waals surface area contributed by atoms with E-state index in [1.165, 1.54) is 6.07 Å². The maximum Gasteiger partial charge on any atom is 0.335 e. The fourth-order valence-electron chi connectivity index (χ4n) is 2.11. The Hall–Kier alpha value is -2.39. The molecule has 0 amide bonds. The van der Waals surface area contributed by atoms with Gasteiger partial charge in [-0.15, -0.1) is 0 Å². The highest BCUT2D eigenvalue weighted by atomic mass is 35.5. The van der Waals surface area contributed by atoms with Crippen molar-refractivity contribution in [3.8, 4) is 11.1 Å². The van der Waals surface area contributed by atoms with E-state index >= 15 is 0 Å². The van der Waals surface area contributed by atoms with Gasteiger partial charge in [0, 0.05) is 22.2 Å². The zero-order valence-corrected chi connectivity index (χ0v) is 11.1. The SMILES string of the molecule is O=C(O)c1cc(Cl)cc(-c2cnc3ccccc3c2)c1. The predicted molar refractivity (Wildman–Crippen MR) is 79.1 cm³/mol. The summed E-state index contributed by atoms with van der Waals surface area (Å²) in [6.45, 7) is 0. The zero-order chi connectivity index (χ0) is 14.1. The molecule has 0 aliphatic rings. The highest BCUT2D eigenvalue weighted by molar-refractivity contribution is 6.31. The Kier molecular flexibility index (Phi) is 3.12. The lowest BCUT2D eigenvalue weighted by atomic mass is 10.0. The van der Waals surface area contributed by atoms with Crippen LogP contribution in [0.1, 0.15) is 10.4 Å². The Labute approximate surface area is 120 Å². The van der Waals surface area contributed by atoms with Crippen molar-refractivity contribution in [1.29, 1.82) is 0 Å². The minimum atomic E-state index is -0.998. The van der Waals surface area contributed by atoms with E-state index in [0.29, 0.717) is 5.02 Å². The van der Waals surface area contributed by atoms with E-state index in [-0.39, 0.29) is 5.56 Å². The fourth-order valence-corrected chi connectivity index (χ4v) is 2.34. The molecule has 0 unspecified atom stereocenters. The summed E-state index contributed by atoms with van der Waals surface area (Å²) in [6, 6.07) is 14.5. The third-order valence-corrected chi connectivity index (χ3v) is 3.29. The Bertz CT molecular complexity index is 814. The second-order valence-electron chi connectivity index (χ2n) is 4.45. The van der Waals surface area contributed by atoms with Gasteiger partial charge in [0.15, 0.2) is 0 Å². The van der Waals surface area contributed by atoms with Gasteiger partial charge in [-0.1, -0.05) is 29.8 Å². The second kappa shape index (κ2) is 4.94. The summed E-state index contributed by atoms with van der Waals surface area (Å²) in [5.74, 6) is -0.998. The van der Waals surface area contributed by atoms with Crippen LogP contribution in [0.15, 0.2) is 54.7 Å². The van der Waals surface area contributed by atoms with Crippen LogP contribution >= 0.6 is 11.6 Å². The first kappa shape index (κ1) is 12.6. The van der Waals surface area contributed by atoms with Crippen molar-refractivity contribution in [3.05, 3.63) is 65.3 Å². The van der Waals surface area contributed by atoms with E-state index in [0.717, 1.165) is 22.0 Å². The monoisotopic (exact) mass is 283 g/mol. The minimum absolute atomic E-state index is 0.167. The topological polar surface area (TPSA) is 50.2 Å². The van der Waals surface area contributed by atoms with Gasteiger partial charge in [-0.05, 0) is 35.9 Å². The number of halogens is 1. The lowest BCUT2D eigenvalue weighted by molar-refractivity contribution is 0.0697. The average molecular weight is 284 g/mol. The van der Waals surface area contributed by atoms with Crippen LogP contribution in [0.5, 0.6) is 0 Å². The number of aromatic carboxylic acids is 1. The maximum atomic E-state index is 11.1. The van der Waals surface area contributed by atoms with E-state index in [1.54, 1.807) is 18.3 Å². The molecular weight excluding hydrogens is 274 g/mol. The quantitative estimate of drug-likeness (QED) is 0.765. The molecule has 20 heavy (non-hydrogen) atoms. The van der Waals surface area contributed by atoms with Crippen LogP contribution in [0, 0.1) is 0 Å². The van der Waals surface area contributed by atoms with Gasteiger partial charge in [-0.25, -0.2) is 4.79 Å². The smallest absolute Gasteiger partial charge is 0.335 e. The van der Waals surface area contributed by atoms with Gasteiger partial charge in [-0.2, -0.15) is 0 Å². The van der Waals surface area contributed by atoms with Crippen LogP contribution in [-0.4, -0.2) is 16.1 Å². The van der Waals surface area contributed by atoms with Crippen molar-refractivity contribution in [3.63, 3.8) is 0 Å². The average Bonchev–Trinajstić information content (AvgIpc) is 2.46. The first-order valence-corrected chi connectivity index (χ1v) is 6.40. The molecule has 0 atom stereocenters. The number of pyridine rings is 1. The van der Waals surface area contributed by atoms with Crippen molar-refractivity contribution < 1.29 is 9.90 Å². The Morgan fingerprint density at radius 2 is 1.85 bits per heavy atom. The lowest BCUT2D eigenvalue weighted by Gasteiger charge is -2.06. The molecule has 0 spiro atoms. The second-order valence-corrected chi connectivity index (χ2v) is 4.89. The molecule has 2 aromatic carbocycles. The molecule has 0 bridgehead atoms. The van der Waals surface area contributed by atoms with Crippen LogP contribution in [0.3, 0.4) is 0 Å². The van der Waals surface area contributed by atoms with Crippen LogP contribution in [0.4, 0.5) is 0 Å². The summed E-state index contributed by atoms with van der Waals surface area (Å²) in [5.41, 5.74) is 2.65. The third-order valence-electron chi connectivity index (χ3n) is 3.07. The molecule has 1 heterocycles. The summed E-state index contributed by atoms with van der Waals surface area (Å²) in [6.07, 6.45) is 1.72. The summed E-state index contributed by atoms with van der Waals surface area (Å²) in [5, 5.41) is 10.5. The van der Waals surface area contributed by atoms with Crippen molar-refractivity contribution >= 4 is 28.5 Å². The molecule has 0 saturated heterocycles. The normalized spacial score (nSPS) is 10.7. The van der Waals surface area contributed by atoms with Crippen LogP contribution < -0.4 is 0 Å². The first-order chi connectivity index (χ1) is 9.63. The van der Waals surface area contributed by atoms with Gasteiger partial charge >= 0.3 is 5.97 Å². The molecule has 3 rings (SSSR count). The van der Waals surface area contributed by atoms with Crippen LogP contribution in [0.25, 0.3) is 22.0 Å².